The van der Waals surface area contributed by atoms with Crippen molar-refractivity contribution in [3.8, 4) is 11.5 Å². The Morgan fingerprint density at radius 1 is 0.769 bits per heavy atom. The first-order valence-corrected chi connectivity index (χ1v) is 9.56. The number of hydrogen-bond donors (Lipinski definition) is 0. The Labute approximate surface area is 153 Å². The molecule has 0 radical (unpaired) electrons. The Morgan fingerprint density at radius 3 is 1.73 bits per heavy atom. The molecule has 0 bridgehead atoms. The van der Waals surface area contributed by atoms with E-state index in [9.17, 15) is 4.57 Å². The molecule has 0 heterocycles. The highest BCUT2D eigenvalue weighted by atomic mass is 31.2. The van der Waals surface area contributed by atoms with Crippen molar-refractivity contribution >= 4 is 13.6 Å². The Balaban J connectivity index is 1.88. The summed E-state index contributed by atoms with van der Waals surface area (Å²) in [6.07, 6.45) is 0. The van der Waals surface area contributed by atoms with Gasteiger partial charge in [-0.2, -0.15) is 4.57 Å². The molecule has 3 aromatic carbocycles. The normalized spacial score (nSPS) is 10.8. The van der Waals surface area contributed by atoms with E-state index in [0.717, 1.165) is 11.1 Å². The molecule has 3 rings (SSSR count). The molecule has 0 aliphatic carbocycles. The monoisotopic (exact) mass is 366 g/mol. The fourth-order valence-corrected chi connectivity index (χ4v) is 3.59. The summed E-state index contributed by atoms with van der Waals surface area (Å²) in [7, 11) is -4.00. The number of hydrogen-bond acceptors (Lipinski definition) is 4. The highest BCUT2D eigenvalue weighted by molar-refractivity contribution is 7.49. The summed E-state index contributed by atoms with van der Waals surface area (Å²) in [6.45, 7) is 5.82. The number of para-hydroxylation sites is 2. The third-order valence-corrected chi connectivity index (χ3v) is 4.90. The third-order valence-electron chi connectivity index (χ3n) is 3.59. The fourth-order valence-electron chi connectivity index (χ4n) is 2.35. The molecule has 0 saturated carbocycles. The van der Waals surface area contributed by atoms with Crippen LogP contribution in [0, 0.1) is 6.92 Å². The average Bonchev–Trinajstić information content (AvgIpc) is 2.63. The minimum atomic E-state index is -4.00. The van der Waals surface area contributed by atoms with Gasteiger partial charge in [0.15, 0.2) is 0 Å². The van der Waals surface area contributed by atoms with Crippen LogP contribution in [0.5, 0.6) is 11.5 Å². The van der Waals surface area contributed by atoms with Crippen LogP contribution < -0.4 is 9.05 Å². The number of phosphoric acid groups is 1. The SMILES string of the molecule is C=C(OP(=O)(Oc1ccccc1)Oc1ccccc1)c1ccccc1C. The molecule has 0 saturated heterocycles. The van der Waals surface area contributed by atoms with Crippen molar-refractivity contribution in [1.82, 2.24) is 0 Å². The molecule has 4 nitrogen and oxygen atoms in total. The van der Waals surface area contributed by atoms with Crippen molar-refractivity contribution in [1.29, 1.82) is 0 Å². The number of phosphoric ester groups is 1. The Kier molecular flexibility index (Phi) is 5.45. The van der Waals surface area contributed by atoms with E-state index in [2.05, 4.69) is 6.58 Å². The minimum absolute atomic E-state index is 0.221. The standard InChI is InChI=1S/C21H19O4P/c1-17-11-9-10-16-21(17)18(2)23-26(22,24-19-12-5-3-6-13-19)25-20-14-7-4-8-15-20/h3-16H,2H2,1H3. The molecular formula is C21H19O4P. The van der Waals surface area contributed by atoms with E-state index >= 15 is 0 Å². The van der Waals surface area contributed by atoms with Crippen LogP contribution in [-0.4, -0.2) is 0 Å². The van der Waals surface area contributed by atoms with Crippen molar-refractivity contribution in [2.45, 2.75) is 6.92 Å². The van der Waals surface area contributed by atoms with Crippen LogP contribution in [0.25, 0.3) is 5.76 Å². The molecule has 3 aromatic rings. The largest absolute Gasteiger partial charge is 0.647 e. The lowest BCUT2D eigenvalue weighted by Gasteiger charge is -2.21. The molecule has 0 aliphatic heterocycles. The van der Waals surface area contributed by atoms with Crippen molar-refractivity contribution in [2.75, 3.05) is 0 Å². The minimum Gasteiger partial charge on any atom is -0.386 e. The van der Waals surface area contributed by atoms with Crippen LogP contribution in [0.4, 0.5) is 0 Å². The molecule has 0 fully saturated rings. The summed E-state index contributed by atoms with van der Waals surface area (Å²) in [6, 6.07) is 25.0. The lowest BCUT2D eigenvalue weighted by Crippen LogP contribution is -2.05. The van der Waals surface area contributed by atoms with E-state index in [1.54, 1.807) is 48.5 Å². The van der Waals surface area contributed by atoms with Gasteiger partial charge in [-0.05, 0) is 36.8 Å². The number of aryl methyl sites for hydroxylation is 1. The van der Waals surface area contributed by atoms with Crippen LogP contribution in [0.3, 0.4) is 0 Å². The van der Waals surface area contributed by atoms with Crippen LogP contribution in [0.15, 0.2) is 91.5 Å². The summed E-state index contributed by atoms with van der Waals surface area (Å²) in [5.41, 5.74) is 1.68. The highest BCUT2D eigenvalue weighted by Crippen LogP contribution is 2.52. The molecule has 0 atom stereocenters. The molecule has 0 spiro atoms. The molecule has 132 valence electrons. The zero-order valence-electron chi connectivity index (χ0n) is 14.4. The maximum atomic E-state index is 13.3. The summed E-state index contributed by atoms with van der Waals surface area (Å²) < 4.78 is 30.1. The molecule has 26 heavy (non-hydrogen) atoms. The quantitative estimate of drug-likeness (QED) is 0.366. The van der Waals surface area contributed by atoms with Crippen molar-refractivity contribution in [3.63, 3.8) is 0 Å². The molecule has 0 unspecified atom stereocenters. The first-order chi connectivity index (χ1) is 12.6. The maximum Gasteiger partial charge on any atom is 0.647 e. The van der Waals surface area contributed by atoms with Gasteiger partial charge in [0.25, 0.3) is 0 Å². The molecule has 0 aliphatic rings. The Morgan fingerprint density at radius 2 is 1.23 bits per heavy atom. The predicted octanol–water partition coefficient (Wildman–Crippen LogP) is 6.25. The van der Waals surface area contributed by atoms with Crippen molar-refractivity contribution < 1.29 is 18.1 Å². The van der Waals surface area contributed by atoms with Gasteiger partial charge < -0.3 is 13.6 Å². The van der Waals surface area contributed by atoms with Crippen molar-refractivity contribution in [3.05, 3.63) is 103 Å². The van der Waals surface area contributed by atoms with E-state index in [4.69, 9.17) is 13.6 Å². The first-order valence-electron chi connectivity index (χ1n) is 8.09. The van der Waals surface area contributed by atoms with Gasteiger partial charge in [-0.3, -0.25) is 0 Å². The van der Waals surface area contributed by atoms with Crippen molar-refractivity contribution in [2.24, 2.45) is 0 Å². The lowest BCUT2D eigenvalue weighted by molar-refractivity contribution is 0.285. The Bertz CT molecular complexity index is 878. The second-order valence-corrected chi connectivity index (χ2v) is 7.03. The molecule has 5 heteroatoms. The second kappa shape index (κ2) is 7.94. The van der Waals surface area contributed by atoms with Gasteiger partial charge >= 0.3 is 7.82 Å². The van der Waals surface area contributed by atoms with Gasteiger partial charge in [-0.25, -0.2) is 0 Å². The fraction of sp³-hybridized carbons (Fsp3) is 0.0476. The van der Waals surface area contributed by atoms with E-state index in [1.165, 1.54) is 0 Å². The summed E-state index contributed by atoms with van der Waals surface area (Å²) >= 11 is 0. The van der Waals surface area contributed by atoms with Gasteiger partial charge in [0.05, 0.1) is 0 Å². The average molecular weight is 366 g/mol. The predicted molar refractivity (Wildman–Crippen MR) is 103 cm³/mol. The molecular weight excluding hydrogens is 347 g/mol. The van der Waals surface area contributed by atoms with Gasteiger partial charge in [0.2, 0.25) is 0 Å². The molecule has 0 N–H and O–H groups in total. The van der Waals surface area contributed by atoms with E-state index in [0.29, 0.717) is 11.5 Å². The smallest absolute Gasteiger partial charge is 0.386 e. The zero-order valence-corrected chi connectivity index (χ0v) is 15.3. The maximum absolute atomic E-state index is 13.3. The van der Waals surface area contributed by atoms with Crippen LogP contribution >= 0.6 is 7.82 Å². The van der Waals surface area contributed by atoms with E-state index in [-0.39, 0.29) is 5.76 Å². The number of rotatable bonds is 7. The summed E-state index contributed by atoms with van der Waals surface area (Å²) in [5.74, 6) is 0.979. The lowest BCUT2D eigenvalue weighted by atomic mass is 10.1. The molecule has 0 aromatic heterocycles. The van der Waals surface area contributed by atoms with E-state index in [1.807, 2.05) is 43.3 Å². The first kappa shape index (κ1) is 17.8. The van der Waals surface area contributed by atoms with Gasteiger partial charge in [-0.15, -0.1) is 0 Å². The highest BCUT2D eigenvalue weighted by Gasteiger charge is 2.34. The third kappa shape index (κ3) is 4.56. The van der Waals surface area contributed by atoms with Crippen LogP contribution in [0.2, 0.25) is 0 Å². The van der Waals surface area contributed by atoms with Gasteiger partial charge in [0.1, 0.15) is 17.3 Å². The van der Waals surface area contributed by atoms with Crippen LogP contribution in [0.1, 0.15) is 11.1 Å². The zero-order chi connectivity index (χ0) is 18.4. The topological polar surface area (TPSA) is 44.8 Å². The Hall–Kier alpha value is -2.97. The second-order valence-electron chi connectivity index (χ2n) is 5.59. The van der Waals surface area contributed by atoms with Crippen LogP contribution in [-0.2, 0) is 9.09 Å². The molecule has 0 amide bonds. The summed E-state index contributed by atoms with van der Waals surface area (Å²) in [5, 5.41) is 0. The number of benzene rings is 3. The van der Waals surface area contributed by atoms with Gasteiger partial charge in [0, 0.05) is 5.56 Å². The summed E-state index contributed by atoms with van der Waals surface area (Å²) in [4.78, 5) is 0. The van der Waals surface area contributed by atoms with E-state index < -0.39 is 7.82 Å². The van der Waals surface area contributed by atoms with Gasteiger partial charge in [-0.1, -0.05) is 67.2 Å².